The summed E-state index contributed by atoms with van der Waals surface area (Å²) >= 11 is 0. The average Bonchev–Trinajstić information content (AvgIpc) is 2.38. The van der Waals surface area contributed by atoms with E-state index in [1.165, 1.54) is 0 Å². The number of rotatable bonds is 6. The van der Waals surface area contributed by atoms with Crippen molar-refractivity contribution in [3.8, 4) is 5.75 Å². The first kappa shape index (κ1) is 16.5. The Morgan fingerprint density at radius 1 is 1.30 bits per heavy atom. The Kier molecular flexibility index (Phi) is 6.02. The number of carbonyl (C=O) groups excluding carboxylic acids is 1. The fourth-order valence-electron chi connectivity index (χ4n) is 1.77. The monoisotopic (exact) mass is 279 g/mol. The first-order valence-corrected chi connectivity index (χ1v) is 6.90. The summed E-state index contributed by atoms with van der Waals surface area (Å²) in [6.07, 6.45) is 0.497. The van der Waals surface area contributed by atoms with E-state index in [1.54, 1.807) is 7.11 Å². The molecule has 1 atom stereocenters. The van der Waals surface area contributed by atoms with E-state index in [4.69, 9.17) is 4.74 Å². The van der Waals surface area contributed by atoms with E-state index in [0.29, 0.717) is 19.4 Å². The maximum absolute atomic E-state index is 11.8. The molecular weight excluding hydrogens is 254 g/mol. The molecule has 0 fully saturated rings. The third-order valence-electron chi connectivity index (χ3n) is 3.26. The van der Waals surface area contributed by atoms with Gasteiger partial charge < -0.3 is 15.2 Å². The highest BCUT2D eigenvalue weighted by molar-refractivity contribution is 5.78. The molecule has 4 nitrogen and oxygen atoms in total. The van der Waals surface area contributed by atoms with E-state index in [-0.39, 0.29) is 11.3 Å². The minimum absolute atomic E-state index is 0.0312. The molecule has 1 amide bonds. The Balaban J connectivity index is 2.33. The lowest BCUT2D eigenvalue weighted by Crippen LogP contribution is -2.33. The number of nitrogens with one attached hydrogen (secondary N) is 1. The van der Waals surface area contributed by atoms with Crippen molar-refractivity contribution in [3.05, 3.63) is 29.8 Å². The molecule has 0 saturated carbocycles. The third-order valence-corrected chi connectivity index (χ3v) is 3.26. The minimum atomic E-state index is -0.413. The van der Waals surface area contributed by atoms with Crippen molar-refractivity contribution in [2.45, 2.75) is 39.7 Å². The van der Waals surface area contributed by atoms with E-state index in [2.05, 4.69) is 5.32 Å². The summed E-state index contributed by atoms with van der Waals surface area (Å²) in [5.41, 5.74) is 0.792. The number of hydrogen-bond donors (Lipinski definition) is 2. The number of hydrogen-bond acceptors (Lipinski definition) is 3. The van der Waals surface area contributed by atoms with Gasteiger partial charge in [0.15, 0.2) is 0 Å². The highest BCUT2D eigenvalue weighted by atomic mass is 16.5. The molecule has 0 spiro atoms. The molecule has 1 aromatic carbocycles. The normalized spacial score (nSPS) is 12.8. The second-order valence-electron chi connectivity index (χ2n) is 6.05. The van der Waals surface area contributed by atoms with Gasteiger partial charge in [-0.2, -0.15) is 0 Å². The predicted molar refractivity (Wildman–Crippen MR) is 79.8 cm³/mol. The maximum atomic E-state index is 11.8. The lowest BCUT2D eigenvalue weighted by Gasteiger charge is -2.25. The molecule has 0 aliphatic heterocycles. The first-order valence-electron chi connectivity index (χ1n) is 6.90. The molecule has 112 valence electrons. The van der Waals surface area contributed by atoms with Crippen molar-refractivity contribution in [3.63, 3.8) is 0 Å². The van der Waals surface area contributed by atoms with Gasteiger partial charge in [0.2, 0.25) is 5.91 Å². The fourth-order valence-corrected chi connectivity index (χ4v) is 1.77. The number of carbonyl (C=O) groups is 1. The fraction of sp³-hybridized carbons (Fsp3) is 0.562. The predicted octanol–water partition coefficient (Wildman–Crippen LogP) is 2.15. The second-order valence-corrected chi connectivity index (χ2v) is 6.05. The van der Waals surface area contributed by atoms with Crippen molar-refractivity contribution in [2.24, 2.45) is 5.41 Å². The smallest absolute Gasteiger partial charge is 0.224 e. The van der Waals surface area contributed by atoms with E-state index >= 15 is 0 Å². The van der Waals surface area contributed by atoms with Crippen LogP contribution in [0.1, 0.15) is 32.8 Å². The van der Waals surface area contributed by atoms with Gasteiger partial charge in [-0.3, -0.25) is 4.79 Å². The van der Waals surface area contributed by atoms with Crippen LogP contribution in [0.5, 0.6) is 5.75 Å². The summed E-state index contributed by atoms with van der Waals surface area (Å²) in [6.45, 7) is 6.44. The molecule has 0 bridgehead atoms. The van der Waals surface area contributed by atoms with Crippen molar-refractivity contribution < 1.29 is 14.6 Å². The van der Waals surface area contributed by atoms with Crippen LogP contribution in [0, 0.1) is 5.41 Å². The third kappa shape index (κ3) is 5.61. The SMILES string of the molecule is COc1ccc(CC(=O)NCC[C@H](O)C(C)(C)C)cc1. The van der Waals surface area contributed by atoms with Gasteiger partial charge in [-0.15, -0.1) is 0 Å². The lowest BCUT2D eigenvalue weighted by atomic mass is 9.87. The summed E-state index contributed by atoms with van der Waals surface area (Å²) in [7, 11) is 1.61. The largest absolute Gasteiger partial charge is 0.497 e. The number of aliphatic hydroxyl groups is 1. The first-order chi connectivity index (χ1) is 9.32. The van der Waals surface area contributed by atoms with E-state index in [0.717, 1.165) is 11.3 Å². The van der Waals surface area contributed by atoms with E-state index in [1.807, 2.05) is 45.0 Å². The number of aliphatic hydroxyl groups excluding tert-OH is 1. The molecule has 0 aliphatic rings. The van der Waals surface area contributed by atoms with Crippen LogP contribution in [0.15, 0.2) is 24.3 Å². The average molecular weight is 279 g/mol. The summed E-state index contributed by atoms with van der Waals surface area (Å²) < 4.78 is 5.07. The van der Waals surface area contributed by atoms with Gasteiger partial charge in [-0.05, 0) is 29.5 Å². The van der Waals surface area contributed by atoms with Crippen molar-refractivity contribution in [1.82, 2.24) is 5.32 Å². The Morgan fingerprint density at radius 2 is 1.90 bits per heavy atom. The molecular formula is C16H25NO3. The molecule has 0 heterocycles. The summed E-state index contributed by atoms with van der Waals surface area (Å²) in [4.78, 5) is 11.8. The van der Waals surface area contributed by atoms with Crippen LogP contribution in [0.3, 0.4) is 0 Å². The van der Waals surface area contributed by atoms with Crippen molar-refractivity contribution >= 4 is 5.91 Å². The molecule has 0 aliphatic carbocycles. The van der Waals surface area contributed by atoms with Gasteiger partial charge in [0, 0.05) is 6.54 Å². The zero-order valence-corrected chi connectivity index (χ0v) is 12.8. The number of methoxy groups -OCH3 is 1. The molecule has 0 radical (unpaired) electrons. The van der Waals surface area contributed by atoms with Gasteiger partial charge in [0.25, 0.3) is 0 Å². The van der Waals surface area contributed by atoms with Crippen LogP contribution in [0.4, 0.5) is 0 Å². The molecule has 4 heteroatoms. The van der Waals surface area contributed by atoms with Crippen molar-refractivity contribution in [1.29, 1.82) is 0 Å². The van der Waals surface area contributed by atoms with Crippen LogP contribution >= 0.6 is 0 Å². The summed E-state index contributed by atoms with van der Waals surface area (Å²) in [5.74, 6) is 0.749. The lowest BCUT2D eigenvalue weighted by molar-refractivity contribution is -0.120. The second kappa shape index (κ2) is 7.29. The molecule has 1 rings (SSSR count). The van der Waals surface area contributed by atoms with Gasteiger partial charge in [0.05, 0.1) is 19.6 Å². The van der Waals surface area contributed by atoms with Gasteiger partial charge >= 0.3 is 0 Å². The summed E-state index contributed by atoms with van der Waals surface area (Å²) in [6, 6.07) is 7.43. The summed E-state index contributed by atoms with van der Waals surface area (Å²) in [5, 5.41) is 12.7. The van der Waals surface area contributed by atoms with Gasteiger partial charge in [0.1, 0.15) is 5.75 Å². The molecule has 0 unspecified atom stereocenters. The molecule has 1 aromatic rings. The van der Waals surface area contributed by atoms with Crippen LogP contribution in [-0.4, -0.2) is 30.8 Å². The quantitative estimate of drug-likeness (QED) is 0.839. The van der Waals surface area contributed by atoms with Crippen LogP contribution < -0.4 is 10.1 Å². The molecule has 20 heavy (non-hydrogen) atoms. The Bertz CT molecular complexity index is 420. The zero-order chi connectivity index (χ0) is 15.2. The Labute approximate surface area is 121 Å². The van der Waals surface area contributed by atoms with Crippen molar-refractivity contribution in [2.75, 3.05) is 13.7 Å². The number of ether oxygens (including phenoxy) is 1. The molecule has 2 N–H and O–H groups in total. The Morgan fingerprint density at radius 3 is 2.40 bits per heavy atom. The zero-order valence-electron chi connectivity index (χ0n) is 12.8. The standard InChI is InChI=1S/C16H25NO3/c1-16(2,3)14(18)9-10-17-15(19)11-12-5-7-13(20-4)8-6-12/h5-8,14,18H,9-11H2,1-4H3,(H,17,19)/t14-/m0/s1. The van der Waals surface area contributed by atoms with Gasteiger partial charge in [-0.1, -0.05) is 32.9 Å². The molecule has 0 aromatic heterocycles. The van der Waals surface area contributed by atoms with E-state index < -0.39 is 6.10 Å². The maximum Gasteiger partial charge on any atom is 0.224 e. The van der Waals surface area contributed by atoms with E-state index in [9.17, 15) is 9.90 Å². The number of benzene rings is 1. The minimum Gasteiger partial charge on any atom is -0.497 e. The highest BCUT2D eigenvalue weighted by Crippen LogP contribution is 2.20. The van der Waals surface area contributed by atoms with Crippen LogP contribution in [0.2, 0.25) is 0 Å². The Hall–Kier alpha value is -1.55. The van der Waals surface area contributed by atoms with Crippen LogP contribution in [0.25, 0.3) is 0 Å². The van der Waals surface area contributed by atoms with Gasteiger partial charge in [-0.25, -0.2) is 0 Å². The highest BCUT2D eigenvalue weighted by Gasteiger charge is 2.21. The number of amides is 1. The molecule has 0 saturated heterocycles. The van der Waals surface area contributed by atoms with Crippen LogP contribution in [-0.2, 0) is 11.2 Å². The topological polar surface area (TPSA) is 58.6 Å².